The first-order chi connectivity index (χ1) is 11.0. The highest BCUT2D eigenvalue weighted by Crippen LogP contribution is 2.21. The first kappa shape index (κ1) is 18.0. The van der Waals surface area contributed by atoms with Gasteiger partial charge in [-0.2, -0.15) is 0 Å². The average molecular weight is 359 g/mol. The van der Waals surface area contributed by atoms with Crippen molar-refractivity contribution in [1.29, 1.82) is 0 Å². The molecule has 2 rings (SSSR count). The second kappa shape index (κ2) is 8.52. The van der Waals surface area contributed by atoms with Crippen LogP contribution in [0.15, 0.2) is 18.2 Å². The van der Waals surface area contributed by atoms with Crippen LogP contribution in [0.3, 0.4) is 0 Å². The minimum atomic E-state index is -0.235. The predicted molar refractivity (Wildman–Crippen MR) is 90.0 cm³/mol. The van der Waals surface area contributed by atoms with Crippen molar-refractivity contribution in [2.45, 2.75) is 25.3 Å². The van der Waals surface area contributed by atoms with Crippen LogP contribution in [-0.2, 0) is 9.53 Å². The fraction of sp³-hybridized carbons (Fsp3) is 0.500. The van der Waals surface area contributed by atoms with E-state index in [0.29, 0.717) is 41.7 Å². The minimum Gasteiger partial charge on any atom is -0.384 e. The fourth-order valence-electron chi connectivity index (χ4n) is 2.56. The lowest BCUT2D eigenvalue weighted by Crippen LogP contribution is -2.46. The number of hydrogen-bond acceptors (Lipinski definition) is 3. The Morgan fingerprint density at radius 3 is 2.65 bits per heavy atom. The lowest BCUT2D eigenvalue weighted by molar-refractivity contribution is -0.133. The number of methoxy groups -OCH3 is 1. The van der Waals surface area contributed by atoms with Crippen LogP contribution in [0.5, 0.6) is 0 Å². The number of carbonyl (C=O) groups excluding carboxylic acids is 2. The van der Waals surface area contributed by atoms with Crippen molar-refractivity contribution in [2.75, 3.05) is 26.8 Å². The smallest absolute Gasteiger partial charge is 0.253 e. The third-order valence-corrected chi connectivity index (χ3v) is 4.44. The Morgan fingerprint density at radius 1 is 1.30 bits per heavy atom. The number of benzene rings is 1. The van der Waals surface area contributed by atoms with Crippen LogP contribution >= 0.6 is 23.2 Å². The van der Waals surface area contributed by atoms with Crippen molar-refractivity contribution in [2.24, 2.45) is 0 Å². The summed E-state index contributed by atoms with van der Waals surface area (Å²) in [6, 6.07) is 4.84. The number of rotatable bonds is 5. The zero-order chi connectivity index (χ0) is 16.8. The number of carbonyl (C=O) groups is 2. The fourth-order valence-corrected chi connectivity index (χ4v) is 2.93. The minimum absolute atomic E-state index is 0.0315. The molecule has 2 amide bonds. The van der Waals surface area contributed by atoms with Gasteiger partial charge in [-0.1, -0.05) is 23.2 Å². The van der Waals surface area contributed by atoms with E-state index in [2.05, 4.69) is 5.32 Å². The van der Waals surface area contributed by atoms with E-state index in [4.69, 9.17) is 27.9 Å². The molecule has 5 nitrogen and oxygen atoms in total. The van der Waals surface area contributed by atoms with Gasteiger partial charge in [-0.25, -0.2) is 0 Å². The van der Waals surface area contributed by atoms with Gasteiger partial charge in [-0.3, -0.25) is 9.59 Å². The Bertz CT molecular complexity index is 572. The molecular weight excluding hydrogens is 339 g/mol. The Balaban J connectivity index is 1.85. The predicted octanol–water partition coefficient (Wildman–Crippen LogP) is 2.75. The largest absolute Gasteiger partial charge is 0.384 e. The van der Waals surface area contributed by atoms with E-state index in [9.17, 15) is 9.59 Å². The van der Waals surface area contributed by atoms with Gasteiger partial charge in [0.15, 0.2) is 0 Å². The lowest BCUT2D eigenvalue weighted by atomic mass is 10.0. The summed E-state index contributed by atoms with van der Waals surface area (Å²) in [5, 5.41) is 3.81. The molecule has 1 aromatic carbocycles. The van der Waals surface area contributed by atoms with Gasteiger partial charge in [0.25, 0.3) is 5.91 Å². The zero-order valence-corrected chi connectivity index (χ0v) is 14.5. The standard InChI is InChI=1S/C16H20Cl2N2O3/c1-23-9-6-15(21)20-7-4-12(5-8-20)19-16(22)13-10-11(17)2-3-14(13)18/h2-3,10,12H,4-9H2,1H3,(H,19,22). The van der Waals surface area contributed by atoms with Gasteiger partial charge in [-0.05, 0) is 31.0 Å². The van der Waals surface area contributed by atoms with Crippen LogP contribution in [0.2, 0.25) is 10.0 Å². The molecule has 0 radical (unpaired) electrons. The third kappa shape index (κ3) is 5.09. The molecule has 1 saturated heterocycles. The van der Waals surface area contributed by atoms with E-state index in [0.717, 1.165) is 12.8 Å². The van der Waals surface area contributed by atoms with Gasteiger partial charge in [0.1, 0.15) is 0 Å². The van der Waals surface area contributed by atoms with Crippen LogP contribution in [0.25, 0.3) is 0 Å². The van der Waals surface area contributed by atoms with Gasteiger partial charge < -0.3 is 15.0 Å². The van der Waals surface area contributed by atoms with Crippen molar-refractivity contribution >= 4 is 35.0 Å². The Labute approximate surface area is 145 Å². The van der Waals surface area contributed by atoms with Crippen LogP contribution in [0.4, 0.5) is 0 Å². The number of nitrogens with zero attached hydrogens (tertiary/aromatic N) is 1. The number of piperidine rings is 1. The van der Waals surface area contributed by atoms with Crippen molar-refractivity contribution in [3.05, 3.63) is 33.8 Å². The highest BCUT2D eigenvalue weighted by molar-refractivity contribution is 6.35. The van der Waals surface area contributed by atoms with Crippen molar-refractivity contribution < 1.29 is 14.3 Å². The molecule has 1 aliphatic rings. The first-order valence-electron chi connectivity index (χ1n) is 7.54. The summed E-state index contributed by atoms with van der Waals surface area (Å²) in [7, 11) is 1.58. The second-order valence-electron chi connectivity index (χ2n) is 5.50. The summed E-state index contributed by atoms with van der Waals surface area (Å²) >= 11 is 11.9. The average Bonchev–Trinajstić information content (AvgIpc) is 2.55. The Kier molecular flexibility index (Phi) is 6.69. The third-order valence-electron chi connectivity index (χ3n) is 3.88. The Morgan fingerprint density at radius 2 is 2.00 bits per heavy atom. The molecule has 1 N–H and O–H groups in total. The van der Waals surface area contributed by atoms with E-state index < -0.39 is 0 Å². The lowest BCUT2D eigenvalue weighted by Gasteiger charge is -2.32. The van der Waals surface area contributed by atoms with E-state index in [1.54, 1.807) is 25.3 Å². The number of hydrogen-bond donors (Lipinski definition) is 1. The number of likely N-dealkylation sites (tertiary alicyclic amines) is 1. The van der Waals surface area contributed by atoms with Crippen molar-refractivity contribution in [1.82, 2.24) is 10.2 Å². The number of halogens is 2. The van der Waals surface area contributed by atoms with E-state index >= 15 is 0 Å². The van der Waals surface area contributed by atoms with Gasteiger partial charge >= 0.3 is 0 Å². The molecule has 0 aliphatic carbocycles. The molecule has 7 heteroatoms. The van der Waals surface area contributed by atoms with Crippen LogP contribution in [-0.4, -0.2) is 49.6 Å². The summed E-state index contributed by atoms with van der Waals surface area (Å²) in [6.45, 7) is 1.70. The van der Waals surface area contributed by atoms with Crippen molar-refractivity contribution in [3.63, 3.8) is 0 Å². The summed E-state index contributed by atoms with van der Waals surface area (Å²) < 4.78 is 4.92. The molecule has 1 fully saturated rings. The summed E-state index contributed by atoms with van der Waals surface area (Å²) in [4.78, 5) is 26.0. The van der Waals surface area contributed by atoms with Gasteiger partial charge in [-0.15, -0.1) is 0 Å². The molecule has 1 aliphatic heterocycles. The molecule has 0 bridgehead atoms. The maximum Gasteiger partial charge on any atom is 0.253 e. The molecular formula is C16H20Cl2N2O3. The van der Waals surface area contributed by atoms with Gasteiger partial charge in [0, 0.05) is 31.3 Å². The molecule has 0 spiro atoms. The topological polar surface area (TPSA) is 58.6 Å². The summed E-state index contributed by atoms with van der Waals surface area (Å²) in [5.74, 6) is -0.142. The first-order valence-corrected chi connectivity index (χ1v) is 8.29. The van der Waals surface area contributed by atoms with Crippen molar-refractivity contribution in [3.8, 4) is 0 Å². The summed E-state index contributed by atoms with van der Waals surface area (Å²) in [6.07, 6.45) is 1.84. The van der Waals surface area contributed by atoms with E-state index in [1.807, 2.05) is 4.90 Å². The molecule has 0 unspecified atom stereocenters. The van der Waals surface area contributed by atoms with Crippen LogP contribution in [0, 0.1) is 0 Å². The monoisotopic (exact) mass is 358 g/mol. The normalized spacial score (nSPS) is 15.5. The maximum absolute atomic E-state index is 12.3. The molecule has 0 atom stereocenters. The van der Waals surface area contributed by atoms with Gasteiger partial charge in [0.2, 0.25) is 5.91 Å². The highest BCUT2D eigenvalue weighted by atomic mass is 35.5. The van der Waals surface area contributed by atoms with Crippen LogP contribution in [0.1, 0.15) is 29.6 Å². The number of amides is 2. The van der Waals surface area contributed by atoms with E-state index in [-0.39, 0.29) is 17.9 Å². The number of nitrogens with one attached hydrogen (secondary N) is 1. The van der Waals surface area contributed by atoms with Gasteiger partial charge in [0.05, 0.1) is 23.6 Å². The van der Waals surface area contributed by atoms with E-state index in [1.165, 1.54) is 0 Å². The van der Waals surface area contributed by atoms with Crippen LogP contribution < -0.4 is 5.32 Å². The number of ether oxygens (including phenoxy) is 1. The highest BCUT2D eigenvalue weighted by Gasteiger charge is 2.24. The zero-order valence-electron chi connectivity index (χ0n) is 13.0. The molecule has 1 heterocycles. The SMILES string of the molecule is COCCC(=O)N1CCC(NC(=O)c2cc(Cl)ccc2Cl)CC1. The second-order valence-corrected chi connectivity index (χ2v) is 6.34. The molecule has 1 aromatic rings. The molecule has 126 valence electrons. The quantitative estimate of drug-likeness (QED) is 0.880. The molecule has 23 heavy (non-hydrogen) atoms. The summed E-state index contributed by atoms with van der Waals surface area (Å²) in [5.41, 5.74) is 0.373. The molecule has 0 aromatic heterocycles. The Hall–Kier alpha value is -1.30. The maximum atomic E-state index is 12.3. The molecule has 0 saturated carbocycles.